The maximum Gasteiger partial charge on any atom is 0.337 e. The third-order valence-electron chi connectivity index (χ3n) is 3.43. The number of aromatic nitrogens is 1. The van der Waals surface area contributed by atoms with Gasteiger partial charge in [0.25, 0.3) is 0 Å². The molecule has 0 saturated heterocycles. The SMILES string of the molecule is COC(=O)c1ccc2cccc(-c3c(Cl)cncc3Cl)c2c1. The van der Waals surface area contributed by atoms with E-state index in [-0.39, 0.29) is 5.97 Å². The normalized spacial score (nSPS) is 10.7. The van der Waals surface area contributed by atoms with Crippen LogP contribution in [0.3, 0.4) is 0 Å². The second kappa shape index (κ2) is 5.95. The maximum atomic E-state index is 11.8. The van der Waals surface area contributed by atoms with Gasteiger partial charge in [-0.2, -0.15) is 0 Å². The minimum atomic E-state index is -0.386. The lowest BCUT2D eigenvalue weighted by molar-refractivity contribution is 0.0601. The topological polar surface area (TPSA) is 39.2 Å². The molecule has 1 aromatic heterocycles. The first kappa shape index (κ1) is 14.8. The van der Waals surface area contributed by atoms with Crippen molar-refractivity contribution in [3.63, 3.8) is 0 Å². The van der Waals surface area contributed by atoms with Crippen LogP contribution in [0, 0.1) is 0 Å². The molecule has 0 aliphatic heterocycles. The van der Waals surface area contributed by atoms with E-state index in [0.717, 1.165) is 16.3 Å². The summed E-state index contributed by atoms with van der Waals surface area (Å²) in [7, 11) is 1.36. The molecule has 0 spiro atoms. The molecule has 2 aromatic carbocycles. The number of rotatable bonds is 2. The first-order valence-electron chi connectivity index (χ1n) is 6.52. The smallest absolute Gasteiger partial charge is 0.337 e. The molecule has 0 saturated carbocycles. The zero-order chi connectivity index (χ0) is 15.7. The lowest BCUT2D eigenvalue weighted by Gasteiger charge is -2.11. The Morgan fingerprint density at radius 3 is 2.50 bits per heavy atom. The Kier molecular flexibility index (Phi) is 4.01. The Bertz CT molecular complexity index is 857. The van der Waals surface area contributed by atoms with Crippen molar-refractivity contribution in [2.75, 3.05) is 7.11 Å². The number of esters is 1. The number of hydrogen-bond donors (Lipinski definition) is 0. The van der Waals surface area contributed by atoms with Crippen LogP contribution in [0.15, 0.2) is 48.8 Å². The van der Waals surface area contributed by atoms with Crippen molar-refractivity contribution in [2.24, 2.45) is 0 Å². The average molecular weight is 332 g/mol. The van der Waals surface area contributed by atoms with Crippen LogP contribution in [0.25, 0.3) is 21.9 Å². The van der Waals surface area contributed by atoms with Crippen LogP contribution in [0.2, 0.25) is 10.0 Å². The van der Waals surface area contributed by atoms with E-state index in [9.17, 15) is 4.79 Å². The van der Waals surface area contributed by atoms with E-state index in [1.165, 1.54) is 7.11 Å². The number of carbonyl (C=O) groups excluding carboxylic acids is 1. The molecule has 0 atom stereocenters. The van der Waals surface area contributed by atoms with Crippen molar-refractivity contribution < 1.29 is 9.53 Å². The highest BCUT2D eigenvalue weighted by atomic mass is 35.5. The van der Waals surface area contributed by atoms with Crippen molar-refractivity contribution in [1.82, 2.24) is 4.98 Å². The van der Waals surface area contributed by atoms with Crippen molar-refractivity contribution in [2.45, 2.75) is 0 Å². The maximum absolute atomic E-state index is 11.8. The summed E-state index contributed by atoms with van der Waals surface area (Å²) in [6.07, 6.45) is 3.09. The van der Waals surface area contributed by atoms with Gasteiger partial charge in [0.2, 0.25) is 0 Å². The zero-order valence-electron chi connectivity index (χ0n) is 11.6. The van der Waals surface area contributed by atoms with E-state index in [0.29, 0.717) is 21.2 Å². The van der Waals surface area contributed by atoms with Gasteiger partial charge in [-0.1, -0.05) is 47.5 Å². The van der Waals surface area contributed by atoms with E-state index in [4.69, 9.17) is 27.9 Å². The molecular weight excluding hydrogens is 321 g/mol. The molecule has 0 aliphatic carbocycles. The molecule has 22 heavy (non-hydrogen) atoms. The summed E-state index contributed by atoms with van der Waals surface area (Å²) in [6.45, 7) is 0. The number of halogens is 2. The van der Waals surface area contributed by atoms with Crippen molar-refractivity contribution in [3.05, 3.63) is 64.4 Å². The van der Waals surface area contributed by atoms with Gasteiger partial charge in [-0.3, -0.25) is 4.98 Å². The Morgan fingerprint density at radius 2 is 1.82 bits per heavy atom. The van der Waals surface area contributed by atoms with Gasteiger partial charge < -0.3 is 4.74 Å². The summed E-state index contributed by atoms with van der Waals surface area (Å²) in [5, 5.41) is 2.78. The number of carbonyl (C=O) groups is 1. The van der Waals surface area contributed by atoms with Crippen LogP contribution in [0.5, 0.6) is 0 Å². The molecule has 3 aromatic rings. The number of ether oxygens (including phenoxy) is 1. The summed E-state index contributed by atoms with van der Waals surface area (Å²) in [6, 6.07) is 11.2. The van der Waals surface area contributed by atoms with E-state index in [2.05, 4.69) is 4.98 Å². The minimum absolute atomic E-state index is 0.386. The first-order valence-corrected chi connectivity index (χ1v) is 7.28. The summed E-state index contributed by atoms with van der Waals surface area (Å²) in [5.74, 6) is -0.386. The highest BCUT2D eigenvalue weighted by Gasteiger charge is 2.14. The molecule has 110 valence electrons. The number of hydrogen-bond acceptors (Lipinski definition) is 3. The largest absolute Gasteiger partial charge is 0.465 e. The molecule has 0 unspecified atom stereocenters. The number of pyridine rings is 1. The summed E-state index contributed by atoms with van der Waals surface area (Å²) >= 11 is 12.5. The predicted molar refractivity (Wildman–Crippen MR) is 88.5 cm³/mol. The van der Waals surface area contributed by atoms with Crippen LogP contribution in [-0.4, -0.2) is 18.1 Å². The van der Waals surface area contributed by atoms with Gasteiger partial charge in [0.05, 0.1) is 22.7 Å². The van der Waals surface area contributed by atoms with Gasteiger partial charge in [-0.15, -0.1) is 0 Å². The van der Waals surface area contributed by atoms with Gasteiger partial charge in [-0.25, -0.2) is 4.79 Å². The highest BCUT2D eigenvalue weighted by Crippen LogP contribution is 2.38. The Balaban J connectivity index is 2.32. The number of nitrogens with zero attached hydrogens (tertiary/aromatic N) is 1. The van der Waals surface area contributed by atoms with Crippen LogP contribution in [-0.2, 0) is 4.74 Å². The van der Waals surface area contributed by atoms with Gasteiger partial charge in [0.1, 0.15) is 0 Å². The molecule has 0 fully saturated rings. The third kappa shape index (κ3) is 2.54. The van der Waals surface area contributed by atoms with E-state index in [1.807, 2.05) is 24.3 Å². The molecule has 0 bridgehead atoms. The van der Waals surface area contributed by atoms with Gasteiger partial charge in [-0.05, 0) is 28.5 Å². The minimum Gasteiger partial charge on any atom is -0.465 e. The van der Waals surface area contributed by atoms with Gasteiger partial charge in [0, 0.05) is 18.0 Å². The second-order valence-corrected chi connectivity index (χ2v) is 5.53. The number of fused-ring (bicyclic) bond motifs is 1. The van der Waals surface area contributed by atoms with Crippen LogP contribution in [0.1, 0.15) is 10.4 Å². The Morgan fingerprint density at radius 1 is 1.09 bits per heavy atom. The summed E-state index contributed by atoms with van der Waals surface area (Å²) in [5.41, 5.74) is 2.02. The predicted octanol–water partition coefficient (Wildman–Crippen LogP) is 5.00. The Labute approximate surface area is 137 Å². The Hall–Kier alpha value is -2.10. The third-order valence-corrected chi connectivity index (χ3v) is 4.00. The first-order chi connectivity index (χ1) is 10.6. The second-order valence-electron chi connectivity index (χ2n) is 4.71. The molecular formula is C17H11Cl2NO2. The number of benzene rings is 2. The monoisotopic (exact) mass is 331 g/mol. The van der Waals surface area contributed by atoms with Gasteiger partial charge >= 0.3 is 5.97 Å². The van der Waals surface area contributed by atoms with Crippen molar-refractivity contribution in [3.8, 4) is 11.1 Å². The van der Waals surface area contributed by atoms with E-state index in [1.54, 1.807) is 24.5 Å². The average Bonchev–Trinajstić information content (AvgIpc) is 2.53. The lowest BCUT2D eigenvalue weighted by atomic mass is 9.97. The molecule has 5 heteroatoms. The summed E-state index contributed by atoms with van der Waals surface area (Å²) in [4.78, 5) is 15.7. The molecule has 0 aliphatic rings. The molecule has 0 N–H and O–H groups in total. The fourth-order valence-corrected chi connectivity index (χ4v) is 2.97. The van der Waals surface area contributed by atoms with Gasteiger partial charge in [0.15, 0.2) is 0 Å². The molecule has 0 amide bonds. The standard InChI is InChI=1S/C17H11Cl2NO2/c1-22-17(21)11-6-5-10-3-2-4-12(13(10)7-11)16-14(18)8-20-9-15(16)19/h2-9H,1H3. The zero-order valence-corrected chi connectivity index (χ0v) is 13.2. The fraction of sp³-hybridized carbons (Fsp3) is 0.0588. The van der Waals surface area contributed by atoms with Crippen molar-refractivity contribution in [1.29, 1.82) is 0 Å². The number of methoxy groups -OCH3 is 1. The molecule has 3 rings (SSSR count). The quantitative estimate of drug-likeness (QED) is 0.620. The van der Waals surface area contributed by atoms with Crippen LogP contribution < -0.4 is 0 Å². The molecule has 3 nitrogen and oxygen atoms in total. The van der Waals surface area contributed by atoms with E-state index >= 15 is 0 Å². The van der Waals surface area contributed by atoms with E-state index < -0.39 is 0 Å². The fourth-order valence-electron chi connectivity index (χ4n) is 2.40. The van der Waals surface area contributed by atoms with Crippen LogP contribution >= 0.6 is 23.2 Å². The highest BCUT2D eigenvalue weighted by molar-refractivity contribution is 6.39. The lowest BCUT2D eigenvalue weighted by Crippen LogP contribution is -2.00. The van der Waals surface area contributed by atoms with Crippen molar-refractivity contribution >= 4 is 39.9 Å². The summed E-state index contributed by atoms with van der Waals surface area (Å²) < 4.78 is 4.78. The molecule has 1 heterocycles. The molecule has 0 radical (unpaired) electrons. The van der Waals surface area contributed by atoms with Crippen LogP contribution in [0.4, 0.5) is 0 Å².